The maximum absolute atomic E-state index is 12.0. The van der Waals surface area contributed by atoms with Crippen molar-refractivity contribution in [3.63, 3.8) is 0 Å². The summed E-state index contributed by atoms with van der Waals surface area (Å²) in [7, 11) is 0. The number of carbonyl (C=O) groups excluding carboxylic acids is 1. The molecule has 1 saturated heterocycles. The van der Waals surface area contributed by atoms with Crippen molar-refractivity contribution in [1.82, 2.24) is 9.88 Å². The summed E-state index contributed by atoms with van der Waals surface area (Å²) in [6, 6.07) is 3.08. The van der Waals surface area contributed by atoms with Crippen molar-refractivity contribution in [3.05, 3.63) is 28.4 Å². The number of carbonyl (C=O) groups is 1. The molecule has 0 N–H and O–H groups in total. The number of hydrogen-bond donors (Lipinski definition) is 0. The predicted molar refractivity (Wildman–Crippen MR) is 79.6 cm³/mol. The van der Waals surface area contributed by atoms with Gasteiger partial charge in [0.2, 0.25) is 5.91 Å². The number of pyridine rings is 1. The standard InChI is InChI=1S/C13H17ClN4O3/c1-10(8-14)13(19)17-6-4-16(5-7-17)12-3-2-11(9-15-12)18(20)21/h2-3,9-10H,4-8H2,1H3. The fraction of sp³-hybridized carbons (Fsp3) is 0.538. The van der Waals surface area contributed by atoms with Crippen LogP contribution in [0.5, 0.6) is 0 Å². The lowest BCUT2D eigenvalue weighted by Gasteiger charge is -2.36. The molecule has 2 heterocycles. The molecule has 0 spiro atoms. The SMILES string of the molecule is CC(CCl)C(=O)N1CCN(c2ccc([N+](=O)[O-])cn2)CC1. The topological polar surface area (TPSA) is 79.6 Å². The van der Waals surface area contributed by atoms with E-state index >= 15 is 0 Å². The zero-order valence-electron chi connectivity index (χ0n) is 11.7. The number of nitrogens with zero attached hydrogens (tertiary/aromatic N) is 4. The number of anilines is 1. The molecule has 1 amide bonds. The second kappa shape index (κ2) is 6.71. The second-order valence-corrected chi connectivity index (χ2v) is 5.31. The van der Waals surface area contributed by atoms with Crippen molar-refractivity contribution in [2.24, 2.45) is 5.92 Å². The Labute approximate surface area is 127 Å². The van der Waals surface area contributed by atoms with Crippen molar-refractivity contribution in [3.8, 4) is 0 Å². The minimum Gasteiger partial charge on any atom is -0.353 e. The van der Waals surface area contributed by atoms with E-state index in [-0.39, 0.29) is 17.5 Å². The van der Waals surface area contributed by atoms with Gasteiger partial charge in [0, 0.05) is 44.0 Å². The van der Waals surface area contributed by atoms with Gasteiger partial charge in [-0.1, -0.05) is 6.92 Å². The van der Waals surface area contributed by atoms with E-state index in [4.69, 9.17) is 11.6 Å². The highest BCUT2D eigenvalue weighted by molar-refractivity contribution is 6.19. The highest BCUT2D eigenvalue weighted by Gasteiger charge is 2.25. The molecule has 0 radical (unpaired) electrons. The number of nitro groups is 1. The molecule has 21 heavy (non-hydrogen) atoms. The van der Waals surface area contributed by atoms with Crippen molar-refractivity contribution < 1.29 is 9.72 Å². The molecule has 0 bridgehead atoms. The van der Waals surface area contributed by atoms with Gasteiger partial charge in [-0.2, -0.15) is 0 Å². The van der Waals surface area contributed by atoms with Gasteiger partial charge in [-0.25, -0.2) is 4.98 Å². The maximum Gasteiger partial charge on any atom is 0.287 e. The average molecular weight is 313 g/mol. The minimum atomic E-state index is -0.471. The van der Waals surface area contributed by atoms with Crippen molar-refractivity contribution in [2.75, 3.05) is 37.0 Å². The maximum atomic E-state index is 12.0. The fourth-order valence-corrected chi connectivity index (χ4v) is 2.34. The Kier molecular flexibility index (Phi) is 4.95. The van der Waals surface area contributed by atoms with Crippen LogP contribution in [0, 0.1) is 16.0 Å². The quantitative estimate of drug-likeness (QED) is 0.478. The van der Waals surface area contributed by atoms with E-state index in [9.17, 15) is 14.9 Å². The van der Waals surface area contributed by atoms with Crippen LogP contribution in [-0.2, 0) is 4.79 Å². The number of hydrogen-bond acceptors (Lipinski definition) is 5. The van der Waals surface area contributed by atoms with Crippen LogP contribution < -0.4 is 4.90 Å². The number of rotatable bonds is 4. The normalized spacial score (nSPS) is 16.7. The summed E-state index contributed by atoms with van der Waals surface area (Å²) in [5, 5.41) is 10.6. The molecule has 1 atom stereocenters. The Morgan fingerprint density at radius 1 is 1.43 bits per heavy atom. The molecule has 0 aliphatic carbocycles. The van der Waals surface area contributed by atoms with Gasteiger partial charge >= 0.3 is 0 Å². The third-order valence-corrected chi connectivity index (χ3v) is 3.97. The Morgan fingerprint density at radius 2 is 2.10 bits per heavy atom. The largest absolute Gasteiger partial charge is 0.353 e. The summed E-state index contributed by atoms with van der Waals surface area (Å²) in [6.45, 7) is 4.36. The molecule has 1 aromatic heterocycles. The first-order valence-corrected chi connectivity index (χ1v) is 7.26. The van der Waals surface area contributed by atoms with Gasteiger partial charge < -0.3 is 9.80 Å². The molecule has 7 nitrogen and oxygen atoms in total. The molecule has 1 unspecified atom stereocenters. The van der Waals surface area contributed by atoms with Crippen LogP contribution in [0.15, 0.2) is 18.3 Å². The fourth-order valence-electron chi connectivity index (χ4n) is 2.21. The van der Waals surface area contributed by atoms with Crippen LogP contribution in [0.4, 0.5) is 11.5 Å². The zero-order chi connectivity index (χ0) is 15.4. The number of aromatic nitrogens is 1. The van der Waals surface area contributed by atoms with E-state index in [1.165, 1.54) is 12.3 Å². The lowest BCUT2D eigenvalue weighted by Crippen LogP contribution is -2.50. The van der Waals surface area contributed by atoms with Gasteiger partial charge in [0.1, 0.15) is 12.0 Å². The smallest absolute Gasteiger partial charge is 0.287 e. The molecule has 8 heteroatoms. The Balaban J connectivity index is 1.94. The van der Waals surface area contributed by atoms with Gasteiger partial charge in [0.25, 0.3) is 5.69 Å². The highest BCUT2D eigenvalue weighted by atomic mass is 35.5. The van der Waals surface area contributed by atoms with Crippen LogP contribution in [0.3, 0.4) is 0 Å². The number of alkyl halides is 1. The second-order valence-electron chi connectivity index (χ2n) is 5.00. The Morgan fingerprint density at radius 3 is 2.57 bits per heavy atom. The van der Waals surface area contributed by atoms with Crippen LogP contribution in [0.1, 0.15) is 6.92 Å². The third-order valence-electron chi connectivity index (χ3n) is 3.51. The zero-order valence-corrected chi connectivity index (χ0v) is 12.5. The molecule has 0 saturated carbocycles. The van der Waals surface area contributed by atoms with Crippen molar-refractivity contribution in [2.45, 2.75) is 6.92 Å². The molecule has 114 valence electrons. The Bertz CT molecular complexity index is 515. The lowest BCUT2D eigenvalue weighted by atomic mass is 10.1. The molecular weight excluding hydrogens is 296 g/mol. The summed E-state index contributed by atoms with van der Waals surface area (Å²) >= 11 is 5.71. The molecule has 1 aromatic rings. The van der Waals surface area contributed by atoms with Crippen LogP contribution >= 0.6 is 11.6 Å². The summed E-state index contributed by atoms with van der Waals surface area (Å²) in [6.07, 6.45) is 1.25. The molecule has 0 aromatic carbocycles. The summed E-state index contributed by atoms with van der Waals surface area (Å²) in [4.78, 5) is 30.1. The first-order valence-electron chi connectivity index (χ1n) is 6.73. The number of halogens is 1. The van der Waals surface area contributed by atoms with Crippen LogP contribution in [0.2, 0.25) is 0 Å². The van der Waals surface area contributed by atoms with Gasteiger partial charge in [0.15, 0.2) is 0 Å². The molecular formula is C13H17ClN4O3. The number of piperazine rings is 1. The summed E-state index contributed by atoms with van der Waals surface area (Å²) in [5.74, 6) is 0.915. The summed E-state index contributed by atoms with van der Waals surface area (Å²) < 4.78 is 0. The Hall–Kier alpha value is -1.89. The number of amides is 1. The first-order chi connectivity index (χ1) is 10.0. The van der Waals surface area contributed by atoms with Crippen LogP contribution in [0.25, 0.3) is 0 Å². The van der Waals surface area contributed by atoms with Crippen molar-refractivity contribution in [1.29, 1.82) is 0 Å². The van der Waals surface area contributed by atoms with E-state index in [1.807, 2.05) is 11.8 Å². The van der Waals surface area contributed by atoms with Gasteiger partial charge in [0.05, 0.1) is 4.92 Å². The molecule has 1 aliphatic rings. The van der Waals surface area contributed by atoms with E-state index in [0.717, 1.165) is 0 Å². The van der Waals surface area contributed by atoms with Gasteiger partial charge in [-0.3, -0.25) is 14.9 Å². The van der Waals surface area contributed by atoms with E-state index in [2.05, 4.69) is 4.98 Å². The first kappa shape index (κ1) is 15.5. The third kappa shape index (κ3) is 3.60. The van der Waals surface area contributed by atoms with Gasteiger partial charge in [-0.15, -0.1) is 11.6 Å². The predicted octanol–water partition coefficient (Wildman–Crippen LogP) is 1.51. The molecule has 1 aliphatic heterocycles. The van der Waals surface area contributed by atoms with Crippen molar-refractivity contribution >= 4 is 29.0 Å². The van der Waals surface area contributed by atoms with E-state index < -0.39 is 4.92 Å². The summed E-state index contributed by atoms with van der Waals surface area (Å²) in [5.41, 5.74) is -0.0245. The highest BCUT2D eigenvalue weighted by Crippen LogP contribution is 2.18. The molecule has 1 fully saturated rings. The van der Waals surface area contributed by atoms with E-state index in [0.29, 0.717) is 37.9 Å². The average Bonchev–Trinajstić information content (AvgIpc) is 2.53. The van der Waals surface area contributed by atoms with E-state index in [1.54, 1.807) is 11.0 Å². The monoisotopic (exact) mass is 312 g/mol. The van der Waals surface area contributed by atoms with Crippen LogP contribution in [-0.4, -0.2) is 52.8 Å². The molecule has 2 rings (SSSR count). The lowest BCUT2D eigenvalue weighted by molar-refractivity contribution is -0.385. The van der Waals surface area contributed by atoms with Gasteiger partial charge in [-0.05, 0) is 6.07 Å². The minimum absolute atomic E-state index is 0.0245.